The summed E-state index contributed by atoms with van der Waals surface area (Å²) in [6.45, 7) is 3.08. The van der Waals surface area contributed by atoms with Crippen molar-refractivity contribution in [1.82, 2.24) is 4.90 Å². The van der Waals surface area contributed by atoms with E-state index in [4.69, 9.17) is 10.5 Å². The van der Waals surface area contributed by atoms with Crippen LogP contribution >= 0.6 is 0 Å². The van der Waals surface area contributed by atoms with Crippen LogP contribution in [-0.4, -0.2) is 30.6 Å². The maximum Gasteiger partial charge on any atom is 0.124 e. The Labute approximate surface area is 96.2 Å². The zero-order valence-electron chi connectivity index (χ0n) is 9.43. The van der Waals surface area contributed by atoms with Crippen LogP contribution in [0.4, 0.5) is 0 Å². The fourth-order valence-corrected chi connectivity index (χ4v) is 2.78. The highest BCUT2D eigenvalue weighted by molar-refractivity contribution is 5.38. The average Bonchev–Trinajstić information content (AvgIpc) is 2.83. The van der Waals surface area contributed by atoms with E-state index < -0.39 is 0 Å². The molecule has 2 aliphatic heterocycles. The maximum absolute atomic E-state index is 6.35. The third-order valence-corrected chi connectivity index (χ3v) is 3.71. The Morgan fingerprint density at radius 2 is 1.94 bits per heavy atom. The molecule has 3 heteroatoms. The lowest BCUT2D eigenvalue weighted by Gasteiger charge is -2.36. The molecule has 2 N–H and O–H groups in total. The molecule has 2 aliphatic rings. The van der Waals surface area contributed by atoms with Crippen molar-refractivity contribution in [3.8, 4) is 5.75 Å². The van der Waals surface area contributed by atoms with Crippen LogP contribution in [0.2, 0.25) is 0 Å². The van der Waals surface area contributed by atoms with Crippen LogP contribution in [-0.2, 0) is 0 Å². The van der Waals surface area contributed by atoms with Crippen molar-refractivity contribution in [3.63, 3.8) is 0 Å². The number of likely N-dealkylation sites (tertiary alicyclic amines) is 1. The average molecular weight is 218 g/mol. The molecule has 0 amide bonds. The highest BCUT2D eigenvalue weighted by atomic mass is 16.5. The fraction of sp³-hybridized carbons (Fsp3) is 0.538. The first-order valence-electron chi connectivity index (χ1n) is 6.07. The smallest absolute Gasteiger partial charge is 0.124 e. The van der Waals surface area contributed by atoms with Gasteiger partial charge in [-0.25, -0.2) is 0 Å². The van der Waals surface area contributed by atoms with Gasteiger partial charge in [0.15, 0.2) is 0 Å². The van der Waals surface area contributed by atoms with E-state index in [-0.39, 0.29) is 6.04 Å². The van der Waals surface area contributed by atoms with Gasteiger partial charge in [-0.05, 0) is 32.0 Å². The molecule has 0 saturated carbocycles. The molecule has 3 nitrogen and oxygen atoms in total. The van der Waals surface area contributed by atoms with Gasteiger partial charge in [0, 0.05) is 5.56 Å². The summed E-state index contributed by atoms with van der Waals surface area (Å²) in [5, 5.41) is 0. The summed E-state index contributed by atoms with van der Waals surface area (Å²) >= 11 is 0. The van der Waals surface area contributed by atoms with Crippen LogP contribution in [0.25, 0.3) is 0 Å². The van der Waals surface area contributed by atoms with Gasteiger partial charge in [-0.1, -0.05) is 18.2 Å². The second kappa shape index (κ2) is 4.07. The van der Waals surface area contributed by atoms with E-state index in [0.717, 1.165) is 17.9 Å². The van der Waals surface area contributed by atoms with E-state index in [0.29, 0.717) is 6.04 Å². The Kier molecular flexibility index (Phi) is 2.58. The van der Waals surface area contributed by atoms with Crippen molar-refractivity contribution in [3.05, 3.63) is 29.8 Å². The lowest BCUT2D eigenvalue weighted by atomic mass is 9.96. The largest absolute Gasteiger partial charge is 0.492 e. The molecule has 1 aromatic carbocycles. The van der Waals surface area contributed by atoms with Crippen molar-refractivity contribution >= 4 is 0 Å². The van der Waals surface area contributed by atoms with Crippen LogP contribution in [0, 0.1) is 0 Å². The number of fused-ring (bicyclic) bond motifs is 1. The van der Waals surface area contributed by atoms with Crippen LogP contribution in [0.1, 0.15) is 24.4 Å². The first-order valence-corrected chi connectivity index (χ1v) is 6.07. The molecule has 3 rings (SSSR count). The second-order valence-electron chi connectivity index (χ2n) is 4.69. The summed E-state index contributed by atoms with van der Waals surface area (Å²) in [4.78, 5) is 2.47. The minimum atomic E-state index is 0.100. The summed E-state index contributed by atoms with van der Waals surface area (Å²) < 4.78 is 5.80. The Hall–Kier alpha value is -1.06. The minimum absolute atomic E-state index is 0.100. The number of benzene rings is 1. The number of ether oxygens (including phenoxy) is 1. The van der Waals surface area contributed by atoms with Gasteiger partial charge >= 0.3 is 0 Å². The summed E-state index contributed by atoms with van der Waals surface area (Å²) in [5.74, 6) is 0.963. The SMILES string of the molecule is N[C@H]1c2ccccc2OC[C@@H]1N1CCCC1. The number of para-hydroxylation sites is 1. The van der Waals surface area contributed by atoms with E-state index in [2.05, 4.69) is 11.0 Å². The highest BCUT2D eigenvalue weighted by Gasteiger charge is 2.33. The molecule has 86 valence electrons. The number of hydrogen-bond acceptors (Lipinski definition) is 3. The van der Waals surface area contributed by atoms with Gasteiger partial charge in [0.2, 0.25) is 0 Å². The van der Waals surface area contributed by atoms with Gasteiger partial charge in [0.1, 0.15) is 12.4 Å². The van der Waals surface area contributed by atoms with Crippen molar-refractivity contribution in [2.45, 2.75) is 24.9 Å². The summed E-state index contributed by atoms with van der Waals surface area (Å²) in [6, 6.07) is 8.59. The molecule has 2 heterocycles. The molecule has 0 aromatic heterocycles. The Morgan fingerprint density at radius 1 is 1.19 bits per heavy atom. The van der Waals surface area contributed by atoms with Gasteiger partial charge in [-0.2, -0.15) is 0 Å². The normalized spacial score (nSPS) is 29.8. The molecule has 0 radical (unpaired) electrons. The van der Waals surface area contributed by atoms with Crippen molar-refractivity contribution < 1.29 is 4.74 Å². The van der Waals surface area contributed by atoms with Gasteiger partial charge in [0.05, 0.1) is 12.1 Å². The first-order chi connectivity index (χ1) is 7.86. The Morgan fingerprint density at radius 3 is 2.75 bits per heavy atom. The second-order valence-corrected chi connectivity index (χ2v) is 4.69. The van der Waals surface area contributed by atoms with Crippen LogP contribution in [0.3, 0.4) is 0 Å². The molecule has 16 heavy (non-hydrogen) atoms. The van der Waals surface area contributed by atoms with Crippen LogP contribution < -0.4 is 10.5 Å². The lowest BCUT2D eigenvalue weighted by Crippen LogP contribution is -2.47. The van der Waals surface area contributed by atoms with Gasteiger partial charge < -0.3 is 10.5 Å². The zero-order chi connectivity index (χ0) is 11.0. The highest BCUT2D eigenvalue weighted by Crippen LogP contribution is 2.33. The number of nitrogens with two attached hydrogens (primary N) is 1. The molecule has 1 aromatic rings. The van der Waals surface area contributed by atoms with Crippen molar-refractivity contribution in [1.29, 1.82) is 0 Å². The van der Waals surface area contributed by atoms with E-state index >= 15 is 0 Å². The standard InChI is InChI=1S/C13H18N2O/c14-13-10-5-1-2-6-12(10)16-9-11(13)15-7-3-4-8-15/h1-2,5-6,11,13H,3-4,7-9,14H2/t11-,13-/m0/s1. The summed E-state index contributed by atoms with van der Waals surface area (Å²) in [6.07, 6.45) is 2.59. The summed E-state index contributed by atoms with van der Waals surface area (Å²) in [7, 11) is 0. The molecule has 1 saturated heterocycles. The van der Waals surface area contributed by atoms with Gasteiger partial charge in [0.25, 0.3) is 0 Å². The zero-order valence-corrected chi connectivity index (χ0v) is 9.43. The van der Waals surface area contributed by atoms with Gasteiger partial charge in [-0.15, -0.1) is 0 Å². The van der Waals surface area contributed by atoms with E-state index in [1.807, 2.05) is 18.2 Å². The summed E-state index contributed by atoms with van der Waals surface area (Å²) in [5.41, 5.74) is 7.51. The third-order valence-electron chi connectivity index (χ3n) is 3.71. The molecule has 2 atom stereocenters. The van der Waals surface area contributed by atoms with Crippen LogP contribution in [0.5, 0.6) is 5.75 Å². The molecular formula is C13H18N2O. The van der Waals surface area contributed by atoms with Crippen molar-refractivity contribution in [2.75, 3.05) is 19.7 Å². The number of hydrogen-bond donors (Lipinski definition) is 1. The molecule has 0 bridgehead atoms. The van der Waals surface area contributed by atoms with Gasteiger partial charge in [-0.3, -0.25) is 4.90 Å². The molecule has 1 fully saturated rings. The Bertz CT molecular complexity index is 374. The molecular weight excluding hydrogens is 200 g/mol. The van der Waals surface area contributed by atoms with E-state index in [1.54, 1.807) is 0 Å². The predicted octanol–water partition coefficient (Wildman–Crippen LogP) is 1.54. The molecule has 0 unspecified atom stereocenters. The predicted molar refractivity (Wildman–Crippen MR) is 63.5 cm³/mol. The quantitative estimate of drug-likeness (QED) is 0.777. The monoisotopic (exact) mass is 218 g/mol. The maximum atomic E-state index is 6.35. The Balaban J connectivity index is 1.85. The van der Waals surface area contributed by atoms with Crippen LogP contribution in [0.15, 0.2) is 24.3 Å². The fourth-order valence-electron chi connectivity index (χ4n) is 2.78. The number of nitrogens with zero attached hydrogens (tertiary/aromatic N) is 1. The molecule has 0 spiro atoms. The minimum Gasteiger partial charge on any atom is -0.492 e. The van der Waals surface area contributed by atoms with E-state index in [9.17, 15) is 0 Å². The van der Waals surface area contributed by atoms with Crippen molar-refractivity contribution in [2.24, 2.45) is 5.73 Å². The van der Waals surface area contributed by atoms with E-state index in [1.165, 1.54) is 25.9 Å². The lowest BCUT2D eigenvalue weighted by molar-refractivity contribution is 0.118. The molecule has 0 aliphatic carbocycles. The topological polar surface area (TPSA) is 38.5 Å². The third kappa shape index (κ3) is 1.60. The number of rotatable bonds is 1. The first kappa shape index (κ1) is 10.1.